The van der Waals surface area contributed by atoms with Crippen molar-refractivity contribution in [3.8, 4) is 17.1 Å². The third-order valence-corrected chi connectivity index (χ3v) is 3.80. The minimum Gasteiger partial charge on any atom is -0.481 e. The lowest BCUT2D eigenvalue weighted by Gasteiger charge is -2.16. The van der Waals surface area contributed by atoms with Gasteiger partial charge in [-0.25, -0.2) is 9.78 Å². The van der Waals surface area contributed by atoms with Crippen LogP contribution in [0.4, 0.5) is 10.5 Å². The molecule has 6 nitrogen and oxygen atoms in total. The van der Waals surface area contributed by atoms with Crippen molar-refractivity contribution in [1.29, 1.82) is 0 Å². The minimum absolute atomic E-state index is 0.350. The van der Waals surface area contributed by atoms with Gasteiger partial charge in [0, 0.05) is 18.3 Å². The van der Waals surface area contributed by atoms with Gasteiger partial charge in [0.05, 0.1) is 6.20 Å². The average Bonchev–Trinajstić information content (AvgIpc) is 3.13. The van der Waals surface area contributed by atoms with Crippen LogP contribution >= 0.6 is 0 Å². The van der Waals surface area contributed by atoms with Crippen LogP contribution < -0.4 is 15.4 Å². The van der Waals surface area contributed by atoms with Crippen molar-refractivity contribution in [2.24, 2.45) is 5.73 Å². The third kappa shape index (κ3) is 3.80. The predicted molar refractivity (Wildman–Crippen MR) is 95.4 cm³/mol. The summed E-state index contributed by atoms with van der Waals surface area (Å²) >= 11 is 0. The van der Waals surface area contributed by atoms with Gasteiger partial charge in [-0.15, -0.1) is 0 Å². The molecule has 2 N–H and O–H groups in total. The third-order valence-electron chi connectivity index (χ3n) is 3.80. The summed E-state index contributed by atoms with van der Waals surface area (Å²) < 4.78 is 11.6. The van der Waals surface area contributed by atoms with Crippen LogP contribution in [0.25, 0.3) is 11.3 Å². The van der Waals surface area contributed by atoms with E-state index in [1.54, 1.807) is 37.5 Å². The fourth-order valence-electron chi connectivity index (χ4n) is 2.34. The van der Waals surface area contributed by atoms with E-state index in [0.29, 0.717) is 23.1 Å². The van der Waals surface area contributed by atoms with Crippen LogP contribution in [0.1, 0.15) is 18.9 Å². The number of oxazole rings is 1. The number of rotatable bonds is 5. The summed E-state index contributed by atoms with van der Waals surface area (Å²) in [6, 6.07) is 16.3. The number of ether oxygens (including phenoxy) is 1. The van der Waals surface area contributed by atoms with Crippen LogP contribution in [0.5, 0.6) is 5.75 Å². The van der Waals surface area contributed by atoms with Crippen molar-refractivity contribution in [3.05, 3.63) is 66.7 Å². The number of amides is 2. The molecule has 0 aliphatic carbocycles. The zero-order chi connectivity index (χ0) is 17.8. The quantitative estimate of drug-likeness (QED) is 0.763. The summed E-state index contributed by atoms with van der Waals surface area (Å²) in [5.41, 5.74) is 6.90. The second-order valence-corrected chi connectivity index (χ2v) is 5.58. The monoisotopic (exact) mass is 337 g/mol. The van der Waals surface area contributed by atoms with Gasteiger partial charge in [-0.2, -0.15) is 0 Å². The van der Waals surface area contributed by atoms with Crippen molar-refractivity contribution < 1.29 is 13.9 Å². The molecule has 0 bridgehead atoms. The van der Waals surface area contributed by atoms with Crippen LogP contribution in [-0.4, -0.2) is 18.1 Å². The molecule has 1 heterocycles. The topological polar surface area (TPSA) is 81.6 Å². The van der Waals surface area contributed by atoms with Crippen molar-refractivity contribution in [2.75, 3.05) is 11.9 Å². The molecular formula is C19H19N3O3. The Kier molecular flexibility index (Phi) is 4.70. The Morgan fingerprint density at radius 1 is 1.16 bits per heavy atom. The highest BCUT2D eigenvalue weighted by atomic mass is 16.5. The Morgan fingerprint density at radius 3 is 2.48 bits per heavy atom. The Bertz CT molecular complexity index is 844. The maximum absolute atomic E-state index is 11.2. The first-order chi connectivity index (χ1) is 12.0. The number of nitrogens with zero attached hydrogens (tertiary/aromatic N) is 2. The Balaban J connectivity index is 1.69. The molecule has 0 fully saturated rings. The zero-order valence-corrected chi connectivity index (χ0v) is 14.0. The molecule has 0 radical (unpaired) electrons. The first-order valence-corrected chi connectivity index (χ1v) is 7.85. The SMILES string of the molecule is C[C@H](Oc1ccc(N(C)C(N)=O)cc1)c1ncc(-c2ccccc2)o1. The van der Waals surface area contributed by atoms with Crippen molar-refractivity contribution in [2.45, 2.75) is 13.0 Å². The summed E-state index contributed by atoms with van der Waals surface area (Å²) in [7, 11) is 1.61. The lowest BCUT2D eigenvalue weighted by atomic mass is 10.2. The summed E-state index contributed by atoms with van der Waals surface area (Å²) in [6.07, 6.45) is 1.34. The number of hydrogen-bond donors (Lipinski definition) is 1. The molecule has 6 heteroatoms. The van der Waals surface area contributed by atoms with Gasteiger partial charge in [0.15, 0.2) is 11.9 Å². The summed E-state index contributed by atoms with van der Waals surface area (Å²) in [4.78, 5) is 16.8. The fraction of sp³-hybridized carbons (Fsp3) is 0.158. The van der Waals surface area contributed by atoms with Crippen LogP contribution in [0.2, 0.25) is 0 Å². The molecule has 0 saturated heterocycles. The molecule has 128 valence electrons. The van der Waals surface area contributed by atoms with E-state index in [1.807, 2.05) is 37.3 Å². The standard InChI is InChI=1S/C19H19N3O3/c1-13(18-21-12-17(25-18)14-6-4-3-5-7-14)24-16-10-8-15(9-11-16)22(2)19(20)23/h3-13H,1-2H3,(H2,20,23)/t13-/m0/s1. The average molecular weight is 337 g/mol. The summed E-state index contributed by atoms with van der Waals surface area (Å²) in [5, 5.41) is 0. The second kappa shape index (κ2) is 7.09. The highest BCUT2D eigenvalue weighted by molar-refractivity contribution is 5.90. The van der Waals surface area contributed by atoms with Gasteiger partial charge in [0.1, 0.15) is 5.75 Å². The number of urea groups is 1. The summed E-state index contributed by atoms with van der Waals surface area (Å²) in [5.74, 6) is 1.84. The number of carbonyl (C=O) groups excluding carboxylic acids is 1. The Morgan fingerprint density at radius 2 is 1.84 bits per heavy atom. The van der Waals surface area contributed by atoms with E-state index in [2.05, 4.69) is 4.98 Å². The number of benzene rings is 2. The van der Waals surface area contributed by atoms with Crippen molar-refractivity contribution in [1.82, 2.24) is 4.98 Å². The van der Waals surface area contributed by atoms with Gasteiger partial charge in [0.25, 0.3) is 0 Å². The van der Waals surface area contributed by atoms with E-state index in [4.69, 9.17) is 14.9 Å². The first-order valence-electron chi connectivity index (χ1n) is 7.85. The second-order valence-electron chi connectivity index (χ2n) is 5.58. The summed E-state index contributed by atoms with van der Waals surface area (Å²) in [6.45, 7) is 1.87. The smallest absolute Gasteiger partial charge is 0.318 e. The van der Waals surface area contributed by atoms with Gasteiger partial charge in [-0.05, 0) is 31.2 Å². The lowest BCUT2D eigenvalue weighted by molar-refractivity contribution is 0.190. The Hall–Kier alpha value is -3.28. The number of carbonyl (C=O) groups is 1. The van der Waals surface area contributed by atoms with E-state index in [0.717, 1.165) is 5.56 Å². The molecule has 2 amide bonds. The minimum atomic E-state index is -0.518. The first kappa shape index (κ1) is 16.6. The van der Waals surface area contributed by atoms with Gasteiger partial charge in [-0.3, -0.25) is 4.90 Å². The number of hydrogen-bond acceptors (Lipinski definition) is 4. The van der Waals surface area contributed by atoms with E-state index in [-0.39, 0.29) is 6.10 Å². The van der Waals surface area contributed by atoms with E-state index in [1.165, 1.54) is 4.90 Å². The molecule has 0 spiro atoms. The maximum Gasteiger partial charge on any atom is 0.318 e. The molecule has 0 aliphatic heterocycles. The van der Waals surface area contributed by atoms with Crippen LogP contribution in [0.3, 0.4) is 0 Å². The highest BCUT2D eigenvalue weighted by Crippen LogP contribution is 2.27. The molecular weight excluding hydrogens is 318 g/mol. The zero-order valence-electron chi connectivity index (χ0n) is 14.0. The molecule has 1 atom stereocenters. The number of primary amides is 1. The van der Waals surface area contributed by atoms with Crippen molar-refractivity contribution in [3.63, 3.8) is 0 Å². The number of aromatic nitrogens is 1. The molecule has 25 heavy (non-hydrogen) atoms. The van der Waals surface area contributed by atoms with Crippen molar-refractivity contribution >= 4 is 11.7 Å². The maximum atomic E-state index is 11.2. The number of anilines is 1. The van der Waals surface area contributed by atoms with E-state index in [9.17, 15) is 4.79 Å². The fourth-order valence-corrected chi connectivity index (χ4v) is 2.34. The van der Waals surface area contributed by atoms with Crippen LogP contribution in [0.15, 0.2) is 65.2 Å². The largest absolute Gasteiger partial charge is 0.481 e. The molecule has 2 aromatic carbocycles. The molecule has 0 unspecified atom stereocenters. The van der Waals surface area contributed by atoms with Crippen LogP contribution in [0, 0.1) is 0 Å². The normalized spacial score (nSPS) is 11.8. The highest BCUT2D eigenvalue weighted by Gasteiger charge is 2.15. The van der Waals surface area contributed by atoms with Gasteiger partial charge < -0.3 is 14.9 Å². The molecule has 3 aromatic rings. The Labute approximate surface area is 145 Å². The molecule has 1 aromatic heterocycles. The van der Waals surface area contributed by atoms with E-state index >= 15 is 0 Å². The van der Waals surface area contributed by atoms with Crippen LogP contribution in [-0.2, 0) is 0 Å². The predicted octanol–water partition coefficient (Wildman–Crippen LogP) is 4.00. The van der Waals surface area contributed by atoms with Gasteiger partial charge >= 0.3 is 6.03 Å². The van der Waals surface area contributed by atoms with Gasteiger partial charge in [-0.1, -0.05) is 30.3 Å². The van der Waals surface area contributed by atoms with Gasteiger partial charge in [0.2, 0.25) is 5.89 Å². The molecule has 3 rings (SSSR count). The molecule has 0 aliphatic rings. The van der Waals surface area contributed by atoms with E-state index < -0.39 is 6.03 Å². The molecule has 0 saturated carbocycles. The number of nitrogens with two attached hydrogens (primary N) is 1. The lowest BCUT2D eigenvalue weighted by Crippen LogP contribution is -2.31.